The van der Waals surface area contributed by atoms with Crippen molar-refractivity contribution in [3.63, 3.8) is 0 Å². The van der Waals surface area contributed by atoms with Gasteiger partial charge in [-0.2, -0.15) is 0 Å². The van der Waals surface area contributed by atoms with Crippen LogP contribution >= 0.6 is 23.1 Å². The molecule has 1 aliphatic heterocycles. The molecule has 0 bridgehead atoms. The van der Waals surface area contributed by atoms with Crippen LogP contribution in [-0.4, -0.2) is 46.2 Å². The first kappa shape index (κ1) is 28.9. The summed E-state index contributed by atoms with van der Waals surface area (Å²) >= 11 is 2.92. The summed E-state index contributed by atoms with van der Waals surface area (Å²) in [4.78, 5) is 9.52. The van der Waals surface area contributed by atoms with Gasteiger partial charge >= 0.3 is 0 Å². The minimum Gasteiger partial charge on any atom is -0.374 e. The maximum atomic E-state index is 12.5. The molecular formula is C33H32N2O5S2. The number of aliphatic hydroxyl groups is 1. The third-order valence-corrected chi connectivity index (χ3v) is 9.00. The first-order chi connectivity index (χ1) is 20.7. The third kappa shape index (κ3) is 6.28. The van der Waals surface area contributed by atoms with Crippen LogP contribution < -0.4 is 0 Å². The number of hydrogen-bond acceptors (Lipinski definition) is 9. The number of rotatable bonds is 12. The third-order valence-electron chi connectivity index (χ3n) is 7.21. The fourth-order valence-corrected chi connectivity index (χ4v) is 6.82. The second-order valence-electron chi connectivity index (χ2n) is 10.0. The van der Waals surface area contributed by atoms with E-state index in [1.165, 1.54) is 29.4 Å². The lowest BCUT2D eigenvalue weighted by atomic mass is 10.0. The number of thioether (sulfide) groups is 1. The van der Waals surface area contributed by atoms with Crippen molar-refractivity contribution >= 4 is 34.0 Å². The molecule has 3 heterocycles. The smallest absolute Gasteiger partial charge is 0.234 e. The van der Waals surface area contributed by atoms with Gasteiger partial charge in [0.2, 0.25) is 5.79 Å². The van der Waals surface area contributed by atoms with E-state index in [2.05, 4.69) is 9.97 Å². The van der Waals surface area contributed by atoms with Crippen LogP contribution in [0.1, 0.15) is 21.6 Å². The topological polar surface area (TPSA) is 82.9 Å². The molecule has 42 heavy (non-hydrogen) atoms. The highest BCUT2D eigenvalue weighted by molar-refractivity contribution is 7.98. The Hall–Kier alpha value is -3.15. The maximum absolute atomic E-state index is 12.5. The Kier molecular flexibility index (Phi) is 9.26. The molecule has 2 aromatic heterocycles. The van der Waals surface area contributed by atoms with Gasteiger partial charge < -0.3 is 24.1 Å². The minimum atomic E-state index is -1.83. The van der Waals surface area contributed by atoms with Gasteiger partial charge in [0.05, 0.1) is 36.8 Å². The van der Waals surface area contributed by atoms with Crippen LogP contribution in [0.3, 0.4) is 0 Å². The maximum Gasteiger partial charge on any atom is 0.234 e. The molecule has 216 valence electrons. The molecule has 0 amide bonds. The lowest BCUT2D eigenvalue weighted by Crippen LogP contribution is -2.44. The number of nitrogens with zero attached hydrogens (tertiary/aromatic N) is 2. The zero-order valence-corrected chi connectivity index (χ0v) is 24.8. The predicted octanol–water partition coefficient (Wildman–Crippen LogP) is 6.34. The molecule has 3 aromatic carbocycles. The summed E-state index contributed by atoms with van der Waals surface area (Å²) in [5, 5.41) is 16.1. The van der Waals surface area contributed by atoms with E-state index in [1.807, 2.05) is 103 Å². The van der Waals surface area contributed by atoms with Crippen molar-refractivity contribution in [1.29, 1.82) is 0 Å². The fraction of sp³-hybridized carbons (Fsp3) is 0.273. The molecule has 1 aliphatic rings. The average Bonchev–Trinajstić information content (AvgIpc) is 3.60. The fourth-order valence-electron chi connectivity index (χ4n) is 5.15. The Morgan fingerprint density at radius 1 is 0.833 bits per heavy atom. The summed E-state index contributed by atoms with van der Waals surface area (Å²) in [6.07, 6.45) is 1.39. The molecule has 0 saturated carbocycles. The van der Waals surface area contributed by atoms with E-state index in [9.17, 15) is 5.11 Å². The monoisotopic (exact) mass is 600 g/mol. The van der Waals surface area contributed by atoms with Gasteiger partial charge in [-0.3, -0.25) is 0 Å². The number of hydrogen-bond donors (Lipinski definition) is 1. The summed E-state index contributed by atoms with van der Waals surface area (Å²) < 4.78 is 25.7. The number of ether oxygens (including phenoxy) is 4. The van der Waals surface area contributed by atoms with E-state index in [-0.39, 0.29) is 13.2 Å². The second-order valence-corrected chi connectivity index (χ2v) is 11.7. The summed E-state index contributed by atoms with van der Waals surface area (Å²) in [5.41, 5.74) is 3.68. The van der Waals surface area contributed by atoms with E-state index >= 15 is 0 Å². The molecule has 7 nitrogen and oxygen atoms in total. The van der Waals surface area contributed by atoms with Crippen LogP contribution in [0, 0.1) is 0 Å². The van der Waals surface area contributed by atoms with E-state index in [0.29, 0.717) is 23.6 Å². The van der Waals surface area contributed by atoms with Gasteiger partial charge in [-0.25, -0.2) is 9.97 Å². The molecule has 4 atom stereocenters. The Bertz CT molecular complexity index is 1570. The molecule has 1 N–H and O–H groups in total. The highest BCUT2D eigenvalue weighted by atomic mass is 32.2. The van der Waals surface area contributed by atoms with Crippen molar-refractivity contribution in [3.8, 4) is 0 Å². The zero-order chi connectivity index (χ0) is 28.8. The molecule has 6 rings (SSSR count). The Balaban J connectivity index is 1.34. The lowest BCUT2D eigenvalue weighted by Gasteiger charge is -2.30. The molecular weight excluding hydrogens is 569 g/mol. The summed E-state index contributed by atoms with van der Waals surface area (Å²) in [5.74, 6) is -1.83. The molecule has 1 saturated heterocycles. The standard InChI is InChI=1S/C33H32N2O5S2/c1-41-32-26-21-42-31(28(26)34-22-35-32)33(36)30(39-19-25-15-9-4-10-16-25)29(38-18-24-13-7-3-8-14-24)27(40-33)20-37-17-23-11-5-2-6-12-23/h2-16,21-22,27,29-30,36H,17-20H2,1H3/t27-,29-,30-,33-/m1/s1. The molecule has 0 aliphatic carbocycles. The van der Waals surface area contributed by atoms with Gasteiger partial charge in [0.25, 0.3) is 0 Å². The van der Waals surface area contributed by atoms with Gasteiger partial charge in [0.15, 0.2) is 0 Å². The highest BCUT2D eigenvalue weighted by Crippen LogP contribution is 2.47. The SMILES string of the molecule is CSc1ncnc2c([C@]3(O)O[C@H](COCc4ccccc4)[C@@H](OCc4ccccc4)[C@H]3OCc3ccccc3)scc12. The largest absolute Gasteiger partial charge is 0.374 e. The van der Waals surface area contributed by atoms with Crippen molar-refractivity contribution < 1.29 is 24.1 Å². The van der Waals surface area contributed by atoms with E-state index in [4.69, 9.17) is 18.9 Å². The Morgan fingerprint density at radius 2 is 1.43 bits per heavy atom. The summed E-state index contributed by atoms with van der Waals surface area (Å²) in [6, 6.07) is 29.8. The molecule has 0 unspecified atom stereocenters. The average molecular weight is 601 g/mol. The van der Waals surface area contributed by atoms with Crippen LogP contribution in [0.5, 0.6) is 0 Å². The quantitative estimate of drug-likeness (QED) is 0.131. The summed E-state index contributed by atoms with van der Waals surface area (Å²) in [6.45, 7) is 1.21. The van der Waals surface area contributed by atoms with Crippen molar-refractivity contribution in [3.05, 3.63) is 124 Å². The van der Waals surface area contributed by atoms with Crippen molar-refractivity contribution in [1.82, 2.24) is 9.97 Å². The van der Waals surface area contributed by atoms with Gasteiger partial charge in [0, 0.05) is 10.8 Å². The van der Waals surface area contributed by atoms with E-state index in [0.717, 1.165) is 27.1 Å². The first-order valence-corrected chi connectivity index (χ1v) is 15.9. The Labute approximate surface area is 253 Å². The molecule has 0 spiro atoms. The second kappa shape index (κ2) is 13.4. The predicted molar refractivity (Wildman–Crippen MR) is 164 cm³/mol. The Morgan fingerprint density at radius 3 is 2.05 bits per heavy atom. The van der Waals surface area contributed by atoms with Gasteiger partial charge in [-0.05, 0) is 22.9 Å². The van der Waals surface area contributed by atoms with E-state index in [1.54, 1.807) is 0 Å². The normalized spacial score (nSPS) is 22.1. The zero-order valence-electron chi connectivity index (χ0n) is 23.2. The van der Waals surface area contributed by atoms with E-state index < -0.39 is 24.1 Å². The van der Waals surface area contributed by atoms with Gasteiger partial charge in [-0.1, -0.05) is 91.0 Å². The van der Waals surface area contributed by atoms with Crippen LogP contribution in [0.25, 0.3) is 10.9 Å². The number of fused-ring (bicyclic) bond motifs is 1. The summed E-state index contributed by atoms with van der Waals surface area (Å²) in [7, 11) is 0. The van der Waals surface area contributed by atoms with Crippen molar-refractivity contribution in [2.24, 2.45) is 0 Å². The molecule has 5 aromatic rings. The van der Waals surface area contributed by atoms with Crippen LogP contribution in [-0.2, 0) is 44.6 Å². The first-order valence-electron chi connectivity index (χ1n) is 13.8. The molecule has 1 fully saturated rings. The number of aromatic nitrogens is 2. The highest BCUT2D eigenvalue weighted by Gasteiger charge is 2.58. The van der Waals surface area contributed by atoms with Gasteiger partial charge in [0.1, 0.15) is 29.7 Å². The van der Waals surface area contributed by atoms with Crippen LogP contribution in [0.4, 0.5) is 0 Å². The van der Waals surface area contributed by atoms with Crippen LogP contribution in [0.2, 0.25) is 0 Å². The van der Waals surface area contributed by atoms with Crippen molar-refractivity contribution in [2.45, 2.75) is 48.9 Å². The van der Waals surface area contributed by atoms with Gasteiger partial charge in [-0.15, -0.1) is 23.1 Å². The molecule has 9 heteroatoms. The number of thiophene rings is 1. The lowest BCUT2D eigenvalue weighted by molar-refractivity contribution is -0.250. The van der Waals surface area contributed by atoms with Crippen molar-refractivity contribution in [2.75, 3.05) is 12.9 Å². The molecule has 0 radical (unpaired) electrons. The minimum absolute atomic E-state index is 0.205. The van der Waals surface area contributed by atoms with Crippen LogP contribution in [0.15, 0.2) is 108 Å². The number of benzene rings is 3.